The molecular formula is C18H21Cl2N. The lowest BCUT2D eigenvalue weighted by Crippen LogP contribution is -2.10. The molecule has 21 heavy (non-hydrogen) atoms. The summed E-state index contributed by atoms with van der Waals surface area (Å²) in [4.78, 5) is 0. The Hall–Kier alpha value is -1.18. The van der Waals surface area contributed by atoms with E-state index in [1.54, 1.807) is 0 Å². The molecule has 0 aromatic heterocycles. The Bertz CT molecular complexity index is 654. The van der Waals surface area contributed by atoms with Crippen molar-refractivity contribution in [2.75, 3.05) is 5.32 Å². The van der Waals surface area contributed by atoms with Gasteiger partial charge in [0.25, 0.3) is 0 Å². The fourth-order valence-electron chi connectivity index (χ4n) is 2.94. The molecule has 1 atom stereocenters. The van der Waals surface area contributed by atoms with Crippen LogP contribution in [0, 0.1) is 27.7 Å². The lowest BCUT2D eigenvalue weighted by Gasteiger charge is -2.22. The second kappa shape index (κ2) is 6.29. The van der Waals surface area contributed by atoms with Gasteiger partial charge in [-0.25, -0.2) is 0 Å². The summed E-state index contributed by atoms with van der Waals surface area (Å²) < 4.78 is 0. The number of halogens is 2. The SMILES string of the molecule is Cc1cc(C)c(C(C)Nc2cc(Cl)c(C)cc2Cl)c(C)c1. The molecule has 0 fully saturated rings. The Balaban J connectivity index is 2.35. The summed E-state index contributed by atoms with van der Waals surface area (Å²) in [7, 11) is 0. The topological polar surface area (TPSA) is 12.0 Å². The van der Waals surface area contributed by atoms with Crippen molar-refractivity contribution in [2.24, 2.45) is 0 Å². The van der Waals surface area contributed by atoms with Crippen molar-refractivity contribution < 1.29 is 0 Å². The zero-order valence-electron chi connectivity index (χ0n) is 13.1. The van der Waals surface area contributed by atoms with E-state index in [-0.39, 0.29) is 6.04 Å². The maximum Gasteiger partial charge on any atom is 0.0641 e. The number of hydrogen-bond acceptors (Lipinski definition) is 1. The van der Waals surface area contributed by atoms with Crippen molar-refractivity contribution in [1.29, 1.82) is 0 Å². The van der Waals surface area contributed by atoms with E-state index in [0.29, 0.717) is 5.02 Å². The molecule has 0 saturated heterocycles. The fourth-order valence-corrected chi connectivity index (χ4v) is 3.37. The minimum absolute atomic E-state index is 0.168. The van der Waals surface area contributed by atoms with Crippen molar-refractivity contribution >= 4 is 28.9 Å². The number of nitrogens with one attached hydrogen (secondary N) is 1. The van der Waals surface area contributed by atoms with Gasteiger partial charge in [-0.2, -0.15) is 0 Å². The highest BCUT2D eigenvalue weighted by atomic mass is 35.5. The van der Waals surface area contributed by atoms with E-state index in [1.165, 1.54) is 22.3 Å². The highest BCUT2D eigenvalue weighted by Crippen LogP contribution is 2.33. The Morgan fingerprint density at radius 2 is 1.38 bits per heavy atom. The average Bonchev–Trinajstić information content (AvgIpc) is 2.34. The lowest BCUT2D eigenvalue weighted by molar-refractivity contribution is 0.862. The van der Waals surface area contributed by atoms with Gasteiger partial charge in [0.05, 0.1) is 10.7 Å². The van der Waals surface area contributed by atoms with E-state index < -0.39 is 0 Å². The van der Waals surface area contributed by atoms with E-state index >= 15 is 0 Å². The monoisotopic (exact) mass is 321 g/mol. The summed E-state index contributed by atoms with van der Waals surface area (Å²) in [5.74, 6) is 0. The minimum Gasteiger partial charge on any atom is -0.377 e. The predicted octanol–water partition coefficient (Wildman–Crippen LogP) is 6.40. The fraction of sp³-hybridized carbons (Fsp3) is 0.333. The molecule has 1 nitrogen and oxygen atoms in total. The molecule has 1 unspecified atom stereocenters. The third kappa shape index (κ3) is 3.53. The first-order valence-electron chi connectivity index (χ1n) is 7.09. The highest BCUT2D eigenvalue weighted by Gasteiger charge is 2.14. The molecule has 0 radical (unpaired) electrons. The molecule has 2 aromatic carbocycles. The molecule has 2 rings (SSSR count). The predicted molar refractivity (Wildman–Crippen MR) is 93.9 cm³/mol. The van der Waals surface area contributed by atoms with Crippen molar-refractivity contribution in [1.82, 2.24) is 0 Å². The molecule has 0 aliphatic carbocycles. The summed E-state index contributed by atoms with van der Waals surface area (Å²) in [6.07, 6.45) is 0. The summed E-state index contributed by atoms with van der Waals surface area (Å²) in [5.41, 5.74) is 7.05. The van der Waals surface area contributed by atoms with E-state index in [2.05, 4.69) is 45.1 Å². The third-order valence-electron chi connectivity index (χ3n) is 3.79. The molecule has 2 aromatic rings. The highest BCUT2D eigenvalue weighted by molar-refractivity contribution is 6.35. The van der Waals surface area contributed by atoms with Crippen LogP contribution in [-0.2, 0) is 0 Å². The van der Waals surface area contributed by atoms with E-state index in [4.69, 9.17) is 23.2 Å². The number of aryl methyl sites for hydroxylation is 4. The number of benzene rings is 2. The first kappa shape index (κ1) is 16.2. The van der Waals surface area contributed by atoms with Crippen LogP contribution in [0.4, 0.5) is 5.69 Å². The van der Waals surface area contributed by atoms with Gasteiger partial charge >= 0.3 is 0 Å². The summed E-state index contributed by atoms with van der Waals surface area (Å²) in [5, 5.41) is 4.91. The Morgan fingerprint density at radius 1 is 0.810 bits per heavy atom. The van der Waals surface area contributed by atoms with Crippen LogP contribution < -0.4 is 5.32 Å². The number of hydrogen-bond donors (Lipinski definition) is 1. The molecule has 0 aliphatic heterocycles. The summed E-state index contributed by atoms with van der Waals surface area (Å²) in [6, 6.07) is 8.39. The maximum atomic E-state index is 6.32. The standard InChI is InChI=1S/C18H21Cl2N/c1-10-6-12(3)18(13(4)7-10)14(5)21-17-9-15(19)11(2)8-16(17)20/h6-9,14,21H,1-5H3. The van der Waals surface area contributed by atoms with E-state index in [1.807, 2.05) is 19.1 Å². The van der Waals surface area contributed by atoms with Gasteiger partial charge in [-0.3, -0.25) is 0 Å². The minimum atomic E-state index is 0.168. The Kier molecular flexibility index (Phi) is 4.85. The molecule has 0 heterocycles. The first-order chi connectivity index (χ1) is 9.79. The zero-order valence-corrected chi connectivity index (χ0v) is 14.7. The molecule has 0 bridgehead atoms. The van der Waals surface area contributed by atoms with Gasteiger partial charge < -0.3 is 5.32 Å². The number of rotatable bonds is 3. The van der Waals surface area contributed by atoms with Gasteiger partial charge in [0.2, 0.25) is 0 Å². The van der Waals surface area contributed by atoms with Crippen LogP contribution >= 0.6 is 23.2 Å². The first-order valence-corrected chi connectivity index (χ1v) is 7.85. The lowest BCUT2D eigenvalue weighted by atomic mass is 9.94. The van der Waals surface area contributed by atoms with Crippen LogP contribution in [-0.4, -0.2) is 0 Å². The second-order valence-electron chi connectivity index (χ2n) is 5.76. The van der Waals surface area contributed by atoms with Crippen LogP contribution in [0.3, 0.4) is 0 Å². The third-order valence-corrected chi connectivity index (χ3v) is 4.51. The van der Waals surface area contributed by atoms with Crippen molar-refractivity contribution in [3.63, 3.8) is 0 Å². The van der Waals surface area contributed by atoms with Crippen LogP contribution in [0.2, 0.25) is 10.0 Å². The van der Waals surface area contributed by atoms with Gasteiger partial charge in [0.1, 0.15) is 0 Å². The van der Waals surface area contributed by atoms with Crippen LogP contribution in [0.1, 0.15) is 40.8 Å². The molecule has 112 valence electrons. The van der Waals surface area contributed by atoms with Crippen molar-refractivity contribution in [3.8, 4) is 0 Å². The molecule has 1 N–H and O–H groups in total. The molecule has 0 aliphatic rings. The quantitative estimate of drug-likeness (QED) is 0.689. The van der Waals surface area contributed by atoms with Crippen molar-refractivity contribution in [2.45, 2.75) is 40.7 Å². The van der Waals surface area contributed by atoms with Crippen LogP contribution in [0.15, 0.2) is 24.3 Å². The normalized spacial score (nSPS) is 12.3. The van der Waals surface area contributed by atoms with Gasteiger partial charge in [-0.05, 0) is 69.0 Å². The summed E-state index contributed by atoms with van der Waals surface area (Å²) >= 11 is 12.5. The molecular weight excluding hydrogens is 301 g/mol. The molecule has 0 saturated carbocycles. The maximum absolute atomic E-state index is 6.32. The summed E-state index contributed by atoms with van der Waals surface area (Å²) in [6.45, 7) is 10.5. The largest absolute Gasteiger partial charge is 0.377 e. The van der Waals surface area contributed by atoms with Gasteiger partial charge in [0.15, 0.2) is 0 Å². The Morgan fingerprint density at radius 3 is 1.95 bits per heavy atom. The molecule has 0 spiro atoms. The van der Waals surface area contributed by atoms with E-state index in [9.17, 15) is 0 Å². The van der Waals surface area contributed by atoms with Crippen LogP contribution in [0.5, 0.6) is 0 Å². The van der Waals surface area contributed by atoms with Crippen molar-refractivity contribution in [3.05, 3.63) is 62.1 Å². The molecule has 0 amide bonds. The molecule has 3 heteroatoms. The van der Waals surface area contributed by atoms with E-state index in [0.717, 1.165) is 16.3 Å². The second-order valence-corrected chi connectivity index (χ2v) is 6.57. The van der Waals surface area contributed by atoms with Gasteiger partial charge in [-0.1, -0.05) is 40.9 Å². The van der Waals surface area contributed by atoms with Gasteiger partial charge in [0, 0.05) is 11.1 Å². The Labute approximate surface area is 137 Å². The number of anilines is 1. The smallest absolute Gasteiger partial charge is 0.0641 e. The van der Waals surface area contributed by atoms with Gasteiger partial charge in [-0.15, -0.1) is 0 Å². The zero-order chi connectivity index (χ0) is 15.7. The van der Waals surface area contributed by atoms with Crippen LogP contribution in [0.25, 0.3) is 0 Å². The average molecular weight is 322 g/mol.